The highest BCUT2D eigenvalue weighted by molar-refractivity contribution is 7.89. The topological polar surface area (TPSA) is 129 Å². The first-order valence-corrected chi connectivity index (χ1v) is 9.26. The van der Waals surface area contributed by atoms with Gasteiger partial charge in [-0.2, -0.15) is 0 Å². The lowest BCUT2D eigenvalue weighted by Crippen LogP contribution is -2.30. The summed E-state index contributed by atoms with van der Waals surface area (Å²) < 4.78 is 33.3. The molecule has 2 rings (SSSR count). The van der Waals surface area contributed by atoms with Crippen molar-refractivity contribution >= 4 is 27.6 Å². The van der Waals surface area contributed by atoms with Gasteiger partial charge in [0.25, 0.3) is 5.91 Å². The van der Waals surface area contributed by atoms with Crippen molar-refractivity contribution in [2.24, 2.45) is 5.14 Å². The Balaban J connectivity index is 2.10. The van der Waals surface area contributed by atoms with Crippen LogP contribution >= 0.6 is 0 Å². The fourth-order valence-corrected chi connectivity index (χ4v) is 2.92. The first-order valence-electron chi connectivity index (χ1n) is 7.72. The fourth-order valence-electron chi connectivity index (χ4n) is 2.36. The molecule has 1 aromatic heterocycles. The summed E-state index contributed by atoms with van der Waals surface area (Å²) in [5.41, 5.74) is 1.16. The Bertz CT molecular complexity index is 962. The maximum absolute atomic E-state index is 12.3. The number of esters is 1. The van der Waals surface area contributed by atoms with Crippen LogP contribution in [0.25, 0.3) is 0 Å². The molecule has 0 spiro atoms. The van der Waals surface area contributed by atoms with Crippen molar-refractivity contribution in [2.75, 3.05) is 5.32 Å². The van der Waals surface area contributed by atoms with Crippen LogP contribution < -0.4 is 10.5 Å². The number of nitrogens with one attached hydrogen (secondary N) is 1. The van der Waals surface area contributed by atoms with E-state index in [2.05, 4.69) is 5.32 Å². The molecule has 0 aliphatic heterocycles. The minimum absolute atomic E-state index is 0.139. The first-order chi connectivity index (χ1) is 12.0. The normalized spacial score (nSPS) is 12.5. The number of furan rings is 1. The van der Waals surface area contributed by atoms with E-state index < -0.39 is 28.0 Å². The second kappa shape index (κ2) is 7.30. The molecule has 0 saturated heterocycles. The third-order valence-electron chi connectivity index (χ3n) is 3.85. The van der Waals surface area contributed by atoms with Gasteiger partial charge < -0.3 is 14.5 Å². The van der Waals surface area contributed by atoms with Crippen LogP contribution in [0.1, 0.15) is 34.4 Å². The first kappa shape index (κ1) is 19.7. The number of rotatable bonds is 5. The Morgan fingerprint density at radius 1 is 1.19 bits per heavy atom. The number of anilines is 1. The summed E-state index contributed by atoms with van der Waals surface area (Å²) in [6.07, 6.45) is -1.10. The second-order valence-corrected chi connectivity index (χ2v) is 7.39. The number of ether oxygens (including phenoxy) is 1. The van der Waals surface area contributed by atoms with Gasteiger partial charge in [0, 0.05) is 11.3 Å². The fraction of sp³-hybridized carbons (Fsp3) is 0.294. The molecule has 0 aliphatic rings. The Labute approximate surface area is 151 Å². The molecule has 8 nitrogen and oxygen atoms in total. The number of primary sulfonamides is 1. The largest absolute Gasteiger partial charge is 0.465 e. The third kappa shape index (κ3) is 4.30. The number of nitrogens with two attached hydrogens (primary N) is 1. The van der Waals surface area contributed by atoms with Gasteiger partial charge in [-0.1, -0.05) is 6.07 Å². The Kier molecular flexibility index (Phi) is 5.53. The van der Waals surface area contributed by atoms with Gasteiger partial charge in [0.15, 0.2) is 6.10 Å². The van der Waals surface area contributed by atoms with Crippen molar-refractivity contribution in [3.8, 4) is 0 Å². The molecular weight excluding hydrogens is 360 g/mol. The molecule has 0 saturated carbocycles. The molecule has 1 heterocycles. The van der Waals surface area contributed by atoms with Crippen LogP contribution in [0, 0.1) is 20.8 Å². The van der Waals surface area contributed by atoms with Gasteiger partial charge in [0.2, 0.25) is 10.0 Å². The van der Waals surface area contributed by atoms with Crippen molar-refractivity contribution in [3.63, 3.8) is 0 Å². The van der Waals surface area contributed by atoms with Crippen LogP contribution in [0.2, 0.25) is 0 Å². The van der Waals surface area contributed by atoms with Crippen LogP contribution in [0.4, 0.5) is 5.69 Å². The van der Waals surface area contributed by atoms with E-state index in [-0.39, 0.29) is 10.6 Å². The Morgan fingerprint density at radius 2 is 1.85 bits per heavy atom. The summed E-state index contributed by atoms with van der Waals surface area (Å²) >= 11 is 0. The highest BCUT2D eigenvalue weighted by Gasteiger charge is 2.24. The average Bonchev–Trinajstić information content (AvgIpc) is 2.79. The van der Waals surface area contributed by atoms with Crippen molar-refractivity contribution in [1.29, 1.82) is 0 Å². The van der Waals surface area contributed by atoms with Crippen LogP contribution in [-0.4, -0.2) is 26.4 Å². The summed E-state index contributed by atoms with van der Waals surface area (Å²) in [6.45, 7) is 6.51. The molecule has 26 heavy (non-hydrogen) atoms. The molecule has 9 heteroatoms. The van der Waals surface area contributed by atoms with Gasteiger partial charge in [-0.15, -0.1) is 0 Å². The van der Waals surface area contributed by atoms with Crippen LogP contribution in [0.3, 0.4) is 0 Å². The zero-order chi connectivity index (χ0) is 19.6. The smallest absolute Gasteiger partial charge is 0.342 e. The highest BCUT2D eigenvalue weighted by Crippen LogP contribution is 2.22. The number of amides is 1. The second-order valence-electron chi connectivity index (χ2n) is 5.82. The maximum Gasteiger partial charge on any atom is 0.342 e. The van der Waals surface area contributed by atoms with Crippen LogP contribution in [0.5, 0.6) is 0 Å². The monoisotopic (exact) mass is 380 g/mol. The van der Waals surface area contributed by atoms with Crippen molar-refractivity contribution in [2.45, 2.75) is 38.7 Å². The molecule has 1 atom stereocenters. The zero-order valence-electron chi connectivity index (χ0n) is 14.8. The van der Waals surface area contributed by atoms with Crippen molar-refractivity contribution in [1.82, 2.24) is 0 Å². The minimum atomic E-state index is -3.89. The molecule has 3 N–H and O–H groups in total. The van der Waals surface area contributed by atoms with Gasteiger partial charge in [-0.3, -0.25) is 4.79 Å². The molecule has 1 unspecified atom stereocenters. The summed E-state index contributed by atoms with van der Waals surface area (Å²) in [4.78, 5) is 24.4. The molecule has 0 bridgehead atoms. The summed E-state index contributed by atoms with van der Waals surface area (Å²) in [7, 11) is -3.89. The van der Waals surface area contributed by atoms with E-state index in [0.717, 1.165) is 0 Å². The number of benzene rings is 1. The lowest BCUT2D eigenvalue weighted by atomic mass is 10.1. The van der Waals surface area contributed by atoms with E-state index in [1.165, 1.54) is 31.2 Å². The van der Waals surface area contributed by atoms with E-state index in [1.807, 2.05) is 0 Å². The van der Waals surface area contributed by atoms with Gasteiger partial charge >= 0.3 is 5.97 Å². The third-order valence-corrected chi connectivity index (χ3v) is 4.76. The Morgan fingerprint density at radius 3 is 2.38 bits per heavy atom. The lowest BCUT2D eigenvalue weighted by molar-refractivity contribution is -0.123. The molecule has 1 aromatic carbocycles. The molecule has 140 valence electrons. The van der Waals surface area contributed by atoms with Crippen molar-refractivity contribution in [3.05, 3.63) is 46.9 Å². The van der Waals surface area contributed by atoms with E-state index in [9.17, 15) is 18.0 Å². The van der Waals surface area contributed by atoms with Gasteiger partial charge in [-0.25, -0.2) is 18.4 Å². The zero-order valence-corrected chi connectivity index (χ0v) is 15.6. The number of aryl methyl sites for hydroxylation is 2. The van der Waals surface area contributed by atoms with Crippen LogP contribution in [-0.2, 0) is 19.6 Å². The molecule has 2 aromatic rings. The average molecular weight is 380 g/mol. The standard InChI is InChI=1S/C17H20N2O6S/c1-9-10(2)24-11(3)15(9)17(21)25-12(4)16(20)19-13-6-5-7-14(8-13)26(18,22)23/h5-8,12H,1-4H3,(H,19,20)(H2,18,22,23). The number of hydrogen-bond donors (Lipinski definition) is 2. The van der Waals surface area contributed by atoms with Crippen LogP contribution in [0.15, 0.2) is 33.6 Å². The number of carbonyl (C=O) groups excluding carboxylic acids is 2. The highest BCUT2D eigenvalue weighted by atomic mass is 32.2. The van der Waals surface area contributed by atoms with Gasteiger partial charge in [0.1, 0.15) is 17.1 Å². The quantitative estimate of drug-likeness (QED) is 0.764. The molecule has 0 radical (unpaired) electrons. The van der Waals surface area contributed by atoms with E-state index >= 15 is 0 Å². The van der Waals surface area contributed by atoms with Gasteiger partial charge in [0.05, 0.1) is 4.90 Å². The SMILES string of the molecule is Cc1oc(C)c(C(=O)OC(C)C(=O)Nc2cccc(S(N)(=O)=O)c2)c1C. The summed E-state index contributed by atoms with van der Waals surface area (Å²) in [6, 6.07) is 5.46. The summed E-state index contributed by atoms with van der Waals surface area (Å²) in [5.74, 6) is -0.261. The maximum atomic E-state index is 12.3. The lowest BCUT2D eigenvalue weighted by Gasteiger charge is -2.14. The molecule has 0 aliphatic carbocycles. The Hall–Kier alpha value is -2.65. The van der Waals surface area contributed by atoms with Gasteiger partial charge in [-0.05, 0) is 45.9 Å². The summed E-state index contributed by atoms with van der Waals surface area (Å²) in [5, 5.41) is 7.54. The predicted octanol–water partition coefficient (Wildman–Crippen LogP) is 2.04. The molecule has 1 amide bonds. The minimum Gasteiger partial charge on any atom is -0.465 e. The van der Waals surface area contributed by atoms with Crippen molar-refractivity contribution < 1.29 is 27.2 Å². The molecule has 0 fully saturated rings. The molecular formula is C17H20N2O6S. The number of sulfonamides is 1. The van der Waals surface area contributed by atoms with E-state index in [0.29, 0.717) is 22.6 Å². The number of carbonyl (C=O) groups is 2. The number of hydrogen-bond acceptors (Lipinski definition) is 6. The van der Waals surface area contributed by atoms with E-state index in [4.69, 9.17) is 14.3 Å². The predicted molar refractivity (Wildman–Crippen MR) is 94.2 cm³/mol. The van der Waals surface area contributed by atoms with E-state index in [1.54, 1.807) is 20.8 Å².